The molecule has 1 aromatic carbocycles. The Morgan fingerprint density at radius 3 is 3.10 bits per heavy atom. The number of rotatable bonds is 3. The molecule has 0 radical (unpaired) electrons. The van der Waals surface area contributed by atoms with Crippen molar-refractivity contribution in [2.75, 3.05) is 11.9 Å². The van der Waals surface area contributed by atoms with Crippen molar-refractivity contribution in [2.24, 2.45) is 0 Å². The number of benzene rings is 1. The highest BCUT2D eigenvalue weighted by molar-refractivity contribution is 5.95. The van der Waals surface area contributed by atoms with Gasteiger partial charge in [-0.15, -0.1) is 0 Å². The lowest BCUT2D eigenvalue weighted by Gasteiger charge is -2.07. The van der Waals surface area contributed by atoms with Crippen molar-refractivity contribution in [3.63, 3.8) is 0 Å². The largest absolute Gasteiger partial charge is 0.384 e. The van der Waals surface area contributed by atoms with Gasteiger partial charge in [-0.05, 0) is 49.2 Å². The molecular weight excluding hydrogens is 250 g/mol. The number of hydrogen-bond donors (Lipinski definition) is 2. The van der Waals surface area contributed by atoms with Gasteiger partial charge in [0.2, 0.25) is 0 Å². The number of amides is 1. The average molecular weight is 267 g/mol. The van der Waals surface area contributed by atoms with E-state index < -0.39 is 0 Å². The van der Waals surface area contributed by atoms with Gasteiger partial charge in [0.1, 0.15) is 0 Å². The van der Waals surface area contributed by atoms with Crippen LogP contribution in [0.15, 0.2) is 36.4 Å². The van der Waals surface area contributed by atoms with Crippen LogP contribution in [-0.2, 0) is 13.0 Å². The third kappa shape index (κ3) is 2.64. The third-order valence-electron chi connectivity index (χ3n) is 3.45. The first kappa shape index (κ1) is 12.7. The standard InChI is InChI=1S/C16H17N3O/c1-11-3-2-4-14(19-11)10-18-16(20)13-5-6-15-12(9-13)7-8-17-15/h2-6,9,17H,7-8,10H2,1H3,(H,18,20). The Labute approximate surface area is 118 Å². The molecular formula is C16H17N3O. The fourth-order valence-corrected chi connectivity index (χ4v) is 2.42. The summed E-state index contributed by atoms with van der Waals surface area (Å²) in [4.78, 5) is 16.5. The summed E-state index contributed by atoms with van der Waals surface area (Å²) in [5.41, 5.74) is 4.90. The molecule has 1 aliphatic heterocycles. The van der Waals surface area contributed by atoms with Crippen molar-refractivity contribution in [3.05, 3.63) is 58.9 Å². The van der Waals surface area contributed by atoms with Crippen LogP contribution in [0.4, 0.5) is 5.69 Å². The highest BCUT2D eigenvalue weighted by Crippen LogP contribution is 2.22. The first-order chi connectivity index (χ1) is 9.72. The molecule has 3 rings (SSSR count). The first-order valence-corrected chi connectivity index (χ1v) is 6.80. The lowest BCUT2D eigenvalue weighted by molar-refractivity contribution is 0.0950. The van der Waals surface area contributed by atoms with E-state index in [0.717, 1.165) is 30.0 Å². The fourth-order valence-electron chi connectivity index (χ4n) is 2.42. The summed E-state index contributed by atoms with van der Waals surface area (Å²) in [6.45, 7) is 3.35. The third-order valence-corrected chi connectivity index (χ3v) is 3.45. The number of aryl methyl sites for hydroxylation is 1. The van der Waals surface area contributed by atoms with E-state index in [1.165, 1.54) is 5.56 Å². The number of anilines is 1. The fraction of sp³-hybridized carbons (Fsp3) is 0.250. The summed E-state index contributed by atoms with van der Waals surface area (Å²) in [5.74, 6) is -0.0528. The zero-order valence-electron chi connectivity index (χ0n) is 11.4. The normalized spacial score (nSPS) is 12.7. The van der Waals surface area contributed by atoms with Crippen molar-refractivity contribution < 1.29 is 4.79 Å². The first-order valence-electron chi connectivity index (χ1n) is 6.80. The minimum Gasteiger partial charge on any atom is -0.384 e. The average Bonchev–Trinajstić information content (AvgIpc) is 2.92. The van der Waals surface area contributed by atoms with Gasteiger partial charge in [0.05, 0.1) is 12.2 Å². The maximum absolute atomic E-state index is 12.1. The number of hydrogen-bond acceptors (Lipinski definition) is 3. The van der Waals surface area contributed by atoms with Crippen LogP contribution in [0.25, 0.3) is 0 Å². The topological polar surface area (TPSA) is 54.0 Å². The van der Waals surface area contributed by atoms with Crippen LogP contribution >= 0.6 is 0 Å². The molecule has 1 aliphatic rings. The zero-order valence-corrected chi connectivity index (χ0v) is 11.4. The maximum Gasteiger partial charge on any atom is 0.251 e. The molecule has 0 bridgehead atoms. The molecule has 0 aliphatic carbocycles. The Morgan fingerprint density at radius 1 is 1.35 bits per heavy atom. The predicted molar refractivity (Wildman–Crippen MR) is 78.8 cm³/mol. The van der Waals surface area contributed by atoms with E-state index in [4.69, 9.17) is 0 Å². The van der Waals surface area contributed by atoms with Gasteiger partial charge in [-0.2, -0.15) is 0 Å². The highest BCUT2D eigenvalue weighted by Gasteiger charge is 2.13. The SMILES string of the molecule is Cc1cccc(CNC(=O)c2ccc3c(c2)CCN3)n1. The highest BCUT2D eigenvalue weighted by atomic mass is 16.1. The van der Waals surface area contributed by atoms with Crippen molar-refractivity contribution in [2.45, 2.75) is 19.9 Å². The molecule has 0 unspecified atom stereocenters. The minimum absolute atomic E-state index is 0.0528. The Kier molecular flexibility index (Phi) is 3.37. The number of nitrogens with one attached hydrogen (secondary N) is 2. The van der Waals surface area contributed by atoms with E-state index >= 15 is 0 Å². The van der Waals surface area contributed by atoms with Crippen LogP contribution in [0, 0.1) is 6.92 Å². The summed E-state index contributed by atoms with van der Waals surface area (Å²) in [5, 5.41) is 6.20. The quantitative estimate of drug-likeness (QED) is 0.897. The van der Waals surface area contributed by atoms with E-state index in [0.29, 0.717) is 12.1 Å². The zero-order chi connectivity index (χ0) is 13.9. The lowest BCUT2D eigenvalue weighted by Crippen LogP contribution is -2.23. The van der Waals surface area contributed by atoms with Gasteiger partial charge in [0.15, 0.2) is 0 Å². The van der Waals surface area contributed by atoms with E-state index in [2.05, 4.69) is 15.6 Å². The Balaban J connectivity index is 1.67. The number of pyridine rings is 1. The predicted octanol–water partition coefficient (Wildman–Crippen LogP) is 2.29. The van der Waals surface area contributed by atoms with Gasteiger partial charge in [0, 0.05) is 23.5 Å². The van der Waals surface area contributed by atoms with E-state index in [1.54, 1.807) is 0 Å². The number of carbonyl (C=O) groups is 1. The molecule has 1 amide bonds. The van der Waals surface area contributed by atoms with Gasteiger partial charge in [0.25, 0.3) is 5.91 Å². The van der Waals surface area contributed by atoms with E-state index in [-0.39, 0.29) is 5.91 Å². The van der Waals surface area contributed by atoms with Gasteiger partial charge >= 0.3 is 0 Å². The molecule has 0 fully saturated rings. The second-order valence-corrected chi connectivity index (χ2v) is 5.00. The smallest absolute Gasteiger partial charge is 0.251 e. The molecule has 0 spiro atoms. The number of fused-ring (bicyclic) bond motifs is 1. The number of carbonyl (C=O) groups excluding carboxylic acids is 1. The van der Waals surface area contributed by atoms with Gasteiger partial charge in [-0.3, -0.25) is 9.78 Å². The van der Waals surface area contributed by atoms with E-state index in [1.807, 2.05) is 43.3 Å². The van der Waals surface area contributed by atoms with Crippen LogP contribution in [0.5, 0.6) is 0 Å². The molecule has 102 valence electrons. The molecule has 2 heterocycles. The van der Waals surface area contributed by atoms with Crippen molar-refractivity contribution >= 4 is 11.6 Å². The molecule has 2 aromatic rings. The summed E-state index contributed by atoms with van der Waals surface area (Å²) < 4.78 is 0. The number of aromatic nitrogens is 1. The van der Waals surface area contributed by atoms with Crippen LogP contribution in [0.2, 0.25) is 0 Å². The Bertz CT molecular complexity index is 652. The van der Waals surface area contributed by atoms with Gasteiger partial charge in [-0.25, -0.2) is 0 Å². The Morgan fingerprint density at radius 2 is 2.25 bits per heavy atom. The molecule has 2 N–H and O–H groups in total. The second kappa shape index (κ2) is 5.33. The van der Waals surface area contributed by atoms with Crippen molar-refractivity contribution in [1.29, 1.82) is 0 Å². The number of nitrogens with zero attached hydrogens (tertiary/aromatic N) is 1. The van der Waals surface area contributed by atoms with Crippen LogP contribution < -0.4 is 10.6 Å². The van der Waals surface area contributed by atoms with Gasteiger partial charge in [-0.1, -0.05) is 6.07 Å². The van der Waals surface area contributed by atoms with Crippen molar-refractivity contribution in [1.82, 2.24) is 10.3 Å². The molecule has 0 atom stereocenters. The molecule has 4 heteroatoms. The molecule has 20 heavy (non-hydrogen) atoms. The molecule has 4 nitrogen and oxygen atoms in total. The molecule has 0 saturated heterocycles. The maximum atomic E-state index is 12.1. The molecule has 0 saturated carbocycles. The minimum atomic E-state index is -0.0528. The molecule has 1 aromatic heterocycles. The summed E-state index contributed by atoms with van der Waals surface area (Å²) >= 11 is 0. The monoisotopic (exact) mass is 267 g/mol. The Hall–Kier alpha value is -2.36. The van der Waals surface area contributed by atoms with Crippen LogP contribution in [0.3, 0.4) is 0 Å². The van der Waals surface area contributed by atoms with Crippen molar-refractivity contribution in [3.8, 4) is 0 Å². The summed E-state index contributed by atoms with van der Waals surface area (Å²) in [7, 11) is 0. The summed E-state index contributed by atoms with van der Waals surface area (Å²) in [6, 6.07) is 11.6. The van der Waals surface area contributed by atoms with Crippen LogP contribution in [0.1, 0.15) is 27.3 Å². The lowest BCUT2D eigenvalue weighted by atomic mass is 10.1. The summed E-state index contributed by atoms with van der Waals surface area (Å²) in [6.07, 6.45) is 0.982. The van der Waals surface area contributed by atoms with Gasteiger partial charge < -0.3 is 10.6 Å². The van der Waals surface area contributed by atoms with E-state index in [9.17, 15) is 4.79 Å². The van der Waals surface area contributed by atoms with Crippen LogP contribution in [-0.4, -0.2) is 17.4 Å². The second-order valence-electron chi connectivity index (χ2n) is 5.00.